The van der Waals surface area contributed by atoms with Crippen molar-refractivity contribution in [3.8, 4) is 0 Å². The molecule has 1 unspecified atom stereocenters. The van der Waals surface area contributed by atoms with Gasteiger partial charge in [0.15, 0.2) is 5.82 Å². The molecule has 2 N–H and O–H groups in total. The van der Waals surface area contributed by atoms with Crippen LogP contribution in [0.2, 0.25) is 0 Å². The van der Waals surface area contributed by atoms with E-state index in [1.54, 1.807) is 7.11 Å². The quantitative estimate of drug-likeness (QED) is 0.783. The molecule has 0 saturated heterocycles. The third-order valence-corrected chi connectivity index (χ3v) is 3.58. The van der Waals surface area contributed by atoms with Crippen molar-refractivity contribution in [2.45, 2.75) is 25.5 Å². The van der Waals surface area contributed by atoms with Gasteiger partial charge in [-0.1, -0.05) is 30.3 Å². The lowest BCUT2D eigenvalue weighted by Crippen LogP contribution is -2.11. The van der Waals surface area contributed by atoms with E-state index in [9.17, 15) is 0 Å². The van der Waals surface area contributed by atoms with Gasteiger partial charge in [0.2, 0.25) is 5.13 Å². The van der Waals surface area contributed by atoms with Gasteiger partial charge in [-0.2, -0.15) is 4.37 Å². The Kier molecular flexibility index (Phi) is 5.91. The zero-order valence-electron chi connectivity index (χ0n) is 11.5. The molecule has 0 aliphatic carbocycles. The van der Waals surface area contributed by atoms with E-state index < -0.39 is 0 Å². The number of ether oxygens (including phenoxy) is 1. The minimum absolute atomic E-state index is 0.131. The largest absolute Gasteiger partial charge is 0.396 e. The van der Waals surface area contributed by atoms with Crippen molar-refractivity contribution in [1.82, 2.24) is 9.36 Å². The first-order valence-corrected chi connectivity index (χ1v) is 7.34. The van der Waals surface area contributed by atoms with E-state index in [-0.39, 0.29) is 12.6 Å². The Morgan fingerprint density at radius 1 is 1.35 bits per heavy atom. The van der Waals surface area contributed by atoms with Gasteiger partial charge < -0.3 is 15.2 Å². The number of aliphatic hydroxyl groups is 1. The average Bonchev–Trinajstić information content (AvgIpc) is 2.92. The first kappa shape index (κ1) is 14.9. The normalized spacial score (nSPS) is 12.3. The van der Waals surface area contributed by atoms with Gasteiger partial charge >= 0.3 is 0 Å². The maximum atomic E-state index is 9.03. The zero-order chi connectivity index (χ0) is 14.2. The topological polar surface area (TPSA) is 67.3 Å². The second kappa shape index (κ2) is 7.94. The van der Waals surface area contributed by atoms with Gasteiger partial charge in [0.25, 0.3) is 0 Å². The van der Waals surface area contributed by atoms with E-state index in [2.05, 4.69) is 26.8 Å². The summed E-state index contributed by atoms with van der Waals surface area (Å²) in [7, 11) is 1.63. The molecule has 20 heavy (non-hydrogen) atoms. The Hall–Kier alpha value is -1.50. The summed E-state index contributed by atoms with van der Waals surface area (Å²) in [6, 6.07) is 10.3. The molecule has 0 aliphatic rings. The molecule has 0 fully saturated rings. The second-order valence-electron chi connectivity index (χ2n) is 4.42. The van der Waals surface area contributed by atoms with Crippen LogP contribution in [0.1, 0.15) is 30.3 Å². The third-order valence-electron chi connectivity index (χ3n) is 2.89. The van der Waals surface area contributed by atoms with Gasteiger partial charge in [0.1, 0.15) is 6.61 Å². The Morgan fingerprint density at radius 3 is 2.85 bits per heavy atom. The van der Waals surface area contributed by atoms with E-state index in [1.165, 1.54) is 17.1 Å². The Bertz CT molecular complexity index is 504. The molecule has 0 radical (unpaired) electrons. The molecule has 0 aliphatic heterocycles. The number of hydrogen-bond acceptors (Lipinski definition) is 6. The van der Waals surface area contributed by atoms with E-state index >= 15 is 0 Å². The van der Waals surface area contributed by atoms with Crippen molar-refractivity contribution >= 4 is 16.7 Å². The van der Waals surface area contributed by atoms with Crippen LogP contribution in [-0.4, -0.2) is 28.2 Å². The second-order valence-corrected chi connectivity index (χ2v) is 5.17. The molecule has 1 aromatic heterocycles. The van der Waals surface area contributed by atoms with Crippen LogP contribution in [0.3, 0.4) is 0 Å². The van der Waals surface area contributed by atoms with E-state index in [1.807, 2.05) is 18.2 Å². The van der Waals surface area contributed by atoms with Gasteiger partial charge in [-0.3, -0.25) is 0 Å². The fourth-order valence-corrected chi connectivity index (χ4v) is 2.58. The number of nitrogens with zero attached hydrogens (tertiary/aromatic N) is 2. The van der Waals surface area contributed by atoms with E-state index in [0.29, 0.717) is 12.4 Å². The van der Waals surface area contributed by atoms with Crippen molar-refractivity contribution in [2.24, 2.45) is 0 Å². The predicted molar refractivity (Wildman–Crippen MR) is 79.7 cm³/mol. The van der Waals surface area contributed by atoms with Crippen LogP contribution in [0.5, 0.6) is 0 Å². The molecular formula is C14H19N3O2S. The van der Waals surface area contributed by atoms with Gasteiger partial charge in [-0.05, 0) is 18.4 Å². The molecule has 1 aromatic carbocycles. The first-order chi connectivity index (χ1) is 9.83. The number of hydrogen-bond donors (Lipinski definition) is 2. The molecule has 0 saturated carbocycles. The summed E-state index contributed by atoms with van der Waals surface area (Å²) in [5.74, 6) is 0.689. The molecule has 108 valence electrons. The summed E-state index contributed by atoms with van der Waals surface area (Å²) in [5.41, 5.74) is 1.18. The summed E-state index contributed by atoms with van der Waals surface area (Å²) in [5, 5.41) is 13.2. The highest BCUT2D eigenvalue weighted by atomic mass is 32.1. The average molecular weight is 293 g/mol. The highest BCUT2D eigenvalue weighted by molar-refractivity contribution is 7.09. The van der Waals surface area contributed by atoms with Crippen molar-refractivity contribution < 1.29 is 9.84 Å². The minimum Gasteiger partial charge on any atom is -0.396 e. The number of nitrogens with one attached hydrogen (secondary N) is 1. The molecule has 1 heterocycles. The fraction of sp³-hybridized carbons (Fsp3) is 0.429. The standard InChI is InChI=1S/C14H19N3O2S/c1-19-10-13-16-14(20-17-13)15-12(8-5-9-18)11-6-3-2-4-7-11/h2-4,6-7,12,18H,5,8-10H2,1H3,(H,15,16,17). The molecule has 6 heteroatoms. The Morgan fingerprint density at radius 2 is 2.15 bits per heavy atom. The van der Waals surface area contributed by atoms with Crippen LogP contribution in [-0.2, 0) is 11.3 Å². The van der Waals surface area contributed by atoms with Crippen molar-refractivity contribution in [2.75, 3.05) is 19.0 Å². The Labute approximate surface area is 122 Å². The van der Waals surface area contributed by atoms with Crippen LogP contribution >= 0.6 is 11.5 Å². The van der Waals surface area contributed by atoms with Gasteiger partial charge in [-0.25, -0.2) is 4.98 Å². The molecule has 0 amide bonds. The van der Waals surface area contributed by atoms with Crippen LogP contribution in [0.25, 0.3) is 0 Å². The molecule has 2 rings (SSSR count). The molecule has 2 aromatic rings. The van der Waals surface area contributed by atoms with Gasteiger partial charge in [-0.15, -0.1) is 0 Å². The van der Waals surface area contributed by atoms with Crippen LogP contribution < -0.4 is 5.32 Å². The lowest BCUT2D eigenvalue weighted by atomic mass is 10.0. The summed E-state index contributed by atoms with van der Waals surface area (Å²) >= 11 is 1.33. The summed E-state index contributed by atoms with van der Waals surface area (Å²) in [6.07, 6.45) is 1.59. The maximum absolute atomic E-state index is 9.03. The van der Waals surface area contributed by atoms with Crippen molar-refractivity contribution in [3.05, 3.63) is 41.7 Å². The Balaban J connectivity index is 2.06. The number of benzene rings is 1. The first-order valence-electron chi connectivity index (χ1n) is 6.57. The monoisotopic (exact) mass is 293 g/mol. The number of rotatable bonds is 8. The van der Waals surface area contributed by atoms with Crippen LogP contribution in [0, 0.1) is 0 Å². The zero-order valence-corrected chi connectivity index (χ0v) is 12.3. The number of methoxy groups -OCH3 is 1. The molecule has 1 atom stereocenters. The third kappa shape index (κ3) is 4.26. The minimum atomic E-state index is 0.131. The SMILES string of the molecule is COCc1nsc(NC(CCCO)c2ccccc2)n1. The number of aromatic nitrogens is 2. The molecule has 0 bridgehead atoms. The predicted octanol–water partition coefficient (Wildman–Crippen LogP) is 2.61. The lowest BCUT2D eigenvalue weighted by molar-refractivity contribution is 0.179. The smallest absolute Gasteiger partial charge is 0.203 e. The lowest BCUT2D eigenvalue weighted by Gasteiger charge is -2.17. The van der Waals surface area contributed by atoms with Crippen LogP contribution in [0.4, 0.5) is 5.13 Å². The number of aliphatic hydroxyl groups excluding tert-OH is 1. The van der Waals surface area contributed by atoms with Crippen molar-refractivity contribution in [1.29, 1.82) is 0 Å². The van der Waals surface area contributed by atoms with Crippen molar-refractivity contribution in [3.63, 3.8) is 0 Å². The number of anilines is 1. The van der Waals surface area contributed by atoms with E-state index in [0.717, 1.165) is 18.0 Å². The van der Waals surface area contributed by atoms with Gasteiger partial charge in [0, 0.05) is 25.2 Å². The highest BCUT2D eigenvalue weighted by Crippen LogP contribution is 2.24. The summed E-state index contributed by atoms with van der Waals surface area (Å²) in [6.45, 7) is 0.612. The molecule has 5 nitrogen and oxygen atoms in total. The van der Waals surface area contributed by atoms with Crippen LogP contribution in [0.15, 0.2) is 30.3 Å². The molecule has 0 spiro atoms. The molecular weight excluding hydrogens is 274 g/mol. The summed E-state index contributed by atoms with van der Waals surface area (Å²) in [4.78, 5) is 4.38. The fourth-order valence-electron chi connectivity index (χ4n) is 1.95. The summed E-state index contributed by atoms with van der Waals surface area (Å²) < 4.78 is 9.24. The maximum Gasteiger partial charge on any atom is 0.203 e. The highest BCUT2D eigenvalue weighted by Gasteiger charge is 2.13. The van der Waals surface area contributed by atoms with Gasteiger partial charge in [0.05, 0.1) is 6.04 Å². The van der Waals surface area contributed by atoms with E-state index in [4.69, 9.17) is 9.84 Å².